The van der Waals surface area contributed by atoms with E-state index < -0.39 is 30.5 Å². The van der Waals surface area contributed by atoms with Gasteiger partial charge in [-0.3, -0.25) is 4.79 Å². The van der Waals surface area contributed by atoms with Crippen molar-refractivity contribution in [3.63, 3.8) is 0 Å². The van der Waals surface area contributed by atoms with Crippen LogP contribution in [-0.2, 0) is 17.5 Å². The van der Waals surface area contributed by atoms with Crippen LogP contribution >= 0.6 is 0 Å². The van der Waals surface area contributed by atoms with E-state index >= 15 is 0 Å². The second kappa shape index (κ2) is 6.70. The maximum absolute atomic E-state index is 13.4. The number of carbonyl (C=O) groups excluding carboxylic acids is 1. The fourth-order valence-corrected chi connectivity index (χ4v) is 3.17. The van der Waals surface area contributed by atoms with Gasteiger partial charge in [-0.05, 0) is 31.2 Å². The molecule has 0 spiro atoms. The third kappa shape index (κ3) is 3.33. The summed E-state index contributed by atoms with van der Waals surface area (Å²) in [5.74, 6) is -1.14. The summed E-state index contributed by atoms with van der Waals surface area (Å²) in [4.78, 5) is 16.1. The second-order valence-corrected chi connectivity index (χ2v) is 6.48. The summed E-state index contributed by atoms with van der Waals surface area (Å²) in [7, 11) is 0. The standard InChI is InChI=1S/C20H16F3N3O2/c1-12(17-10-13-6-2-5-9-16(13)28-17)24-18(27)11-26-15-8-4-3-7-14(15)25-19(26)20(21,22)23/h2-10,12H,11H2,1H3,(H,24,27)/t12-/m1/s1. The largest absolute Gasteiger partial charge is 0.459 e. The molecule has 1 amide bonds. The number of hydrogen-bond acceptors (Lipinski definition) is 3. The Labute approximate surface area is 157 Å². The fourth-order valence-electron chi connectivity index (χ4n) is 3.17. The van der Waals surface area contributed by atoms with Crippen molar-refractivity contribution >= 4 is 27.9 Å². The highest BCUT2D eigenvalue weighted by Gasteiger charge is 2.38. The Morgan fingerprint density at radius 3 is 2.64 bits per heavy atom. The number of benzene rings is 2. The minimum Gasteiger partial charge on any atom is -0.459 e. The van der Waals surface area contributed by atoms with Crippen LogP contribution in [0.2, 0.25) is 0 Å². The van der Waals surface area contributed by atoms with E-state index in [1.54, 1.807) is 31.2 Å². The van der Waals surface area contributed by atoms with Gasteiger partial charge in [0.1, 0.15) is 17.9 Å². The number of alkyl halides is 3. The summed E-state index contributed by atoms with van der Waals surface area (Å²) >= 11 is 0. The molecule has 0 bridgehead atoms. The minimum atomic E-state index is -4.66. The normalized spacial score (nSPS) is 13.1. The first kappa shape index (κ1) is 18.1. The fraction of sp³-hybridized carbons (Fsp3) is 0.200. The van der Waals surface area contributed by atoms with Gasteiger partial charge < -0.3 is 14.3 Å². The molecule has 0 unspecified atom stereocenters. The van der Waals surface area contributed by atoms with Gasteiger partial charge in [-0.15, -0.1) is 0 Å². The molecule has 2 heterocycles. The molecule has 0 aliphatic heterocycles. The first-order valence-corrected chi connectivity index (χ1v) is 8.63. The Kier molecular flexibility index (Phi) is 4.33. The van der Waals surface area contributed by atoms with Crippen LogP contribution in [0.1, 0.15) is 24.6 Å². The molecule has 28 heavy (non-hydrogen) atoms. The lowest BCUT2D eigenvalue weighted by Gasteiger charge is -2.14. The van der Waals surface area contributed by atoms with Gasteiger partial charge in [0.2, 0.25) is 11.7 Å². The predicted octanol–water partition coefficient (Wildman–Crippen LogP) is 4.68. The summed E-state index contributed by atoms with van der Waals surface area (Å²) < 4.78 is 46.6. The van der Waals surface area contributed by atoms with Crippen LogP contribution < -0.4 is 5.32 Å². The molecule has 5 nitrogen and oxygen atoms in total. The maximum Gasteiger partial charge on any atom is 0.449 e. The molecule has 0 saturated heterocycles. The molecule has 2 aromatic carbocycles. The topological polar surface area (TPSA) is 60.1 Å². The van der Waals surface area contributed by atoms with Crippen LogP contribution in [0.15, 0.2) is 59.0 Å². The first-order valence-electron chi connectivity index (χ1n) is 8.63. The van der Waals surface area contributed by atoms with Crippen LogP contribution in [-0.4, -0.2) is 15.5 Å². The highest BCUT2D eigenvalue weighted by molar-refractivity contribution is 5.82. The van der Waals surface area contributed by atoms with Crippen molar-refractivity contribution in [2.75, 3.05) is 0 Å². The van der Waals surface area contributed by atoms with Crippen molar-refractivity contribution in [2.45, 2.75) is 25.7 Å². The number of hydrogen-bond donors (Lipinski definition) is 1. The van der Waals surface area contributed by atoms with Gasteiger partial charge in [0.05, 0.1) is 17.1 Å². The Hall–Kier alpha value is -3.29. The van der Waals surface area contributed by atoms with Crippen LogP contribution in [0.25, 0.3) is 22.0 Å². The van der Waals surface area contributed by atoms with E-state index in [-0.39, 0.29) is 11.0 Å². The minimum absolute atomic E-state index is 0.188. The number of para-hydroxylation sites is 3. The lowest BCUT2D eigenvalue weighted by molar-refractivity contribution is -0.147. The summed E-state index contributed by atoms with van der Waals surface area (Å²) in [6, 6.07) is 14.9. The van der Waals surface area contributed by atoms with Crippen molar-refractivity contribution in [2.24, 2.45) is 0 Å². The summed E-state index contributed by atoms with van der Waals surface area (Å²) in [6.07, 6.45) is -4.66. The SMILES string of the molecule is C[C@@H](NC(=O)Cn1c(C(F)(F)F)nc2ccccc21)c1cc2ccccc2o1. The van der Waals surface area contributed by atoms with E-state index in [0.29, 0.717) is 11.3 Å². The number of halogens is 3. The Balaban J connectivity index is 1.58. The molecule has 0 saturated carbocycles. The van der Waals surface area contributed by atoms with Crippen LogP contribution in [0.5, 0.6) is 0 Å². The lowest BCUT2D eigenvalue weighted by atomic mass is 10.2. The third-order valence-electron chi connectivity index (χ3n) is 4.46. The zero-order valence-corrected chi connectivity index (χ0v) is 14.8. The molecule has 144 valence electrons. The molecule has 0 aliphatic rings. The highest BCUT2D eigenvalue weighted by Crippen LogP contribution is 2.31. The number of aromatic nitrogens is 2. The number of nitrogens with one attached hydrogen (secondary N) is 1. The molecule has 4 rings (SSSR count). The summed E-state index contributed by atoms with van der Waals surface area (Å²) in [6.45, 7) is 1.21. The number of furan rings is 1. The van der Waals surface area contributed by atoms with Gasteiger partial charge in [-0.25, -0.2) is 4.98 Å². The molecule has 0 radical (unpaired) electrons. The lowest BCUT2D eigenvalue weighted by Crippen LogP contribution is -2.31. The average Bonchev–Trinajstić information content (AvgIpc) is 3.23. The molecule has 4 aromatic rings. The van der Waals surface area contributed by atoms with Crippen molar-refractivity contribution in [1.29, 1.82) is 0 Å². The van der Waals surface area contributed by atoms with Gasteiger partial charge in [-0.1, -0.05) is 30.3 Å². The van der Waals surface area contributed by atoms with E-state index in [1.165, 1.54) is 12.1 Å². The zero-order chi connectivity index (χ0) is 19.9. The van der Waals surface area contributed by atoms with Gasteiger partial charge in [0.15, 0.2) is 0 Å². The van der Waals surface area contributed by atoms with Gasteiger partial charge in [-0.2, -0.15) is 13.2 Å². The van der Waals surface area contributed by atoms with E-state index in [0.717, 1.165) is 9.95 Å². The quantitative estimate of drug-likeness (QED) is 0.553. The van der Waals surface area contributed by atoms with Crippen molar-refractivity contribution in [3.8, 4) is 0 Å². The number of fused-ring (bicyclic) bond motifs is 2. The second-order valence-electron chi connectivity index (χ2n) is 6.48. The molecule has 1 atom stereocenters. The zero-order valence-electron chi connectivity index (χ0n) is 14.8. The van der Waals surface area contributed by atoms with Gasteiger partial charge in [0.25, 0.3) is 0 Å². The Morgan fingerprint density at radius 1 is 1.18 bits per heavy atom. The number of carbonyl (C=O) groups is 1. The monoisotopic (exact) mass is 387 g/mol. The van der Waals surface area contributed by atoms with Crippen molar-refractivity contribution in [3.05, 3.63) is 66.2 Å². The maximum atomic E-state index is 13.4. The van der Waals surface area contributed by atoms with E-state index in [9.17, 15) is 18.0 Å². The smallest absolute Gasteiger partial charge is 0.449 e. The highest BCUT2D eigenvalue weighted by atomic mass is 19.4. The Bertz CT molecular complexity index is 1130. The Morgan fingerprint density at radius 2 is 1.89 bits per heavy atom. The van der Waals surface area contributed by atoms with Crippen molar-refractivity contribution in [1.82, 2.24) is 14.9 Å². The molecular weight excluding hydrogens is 371 g/mol. The molecule has 8 heteroatoms. The molecular formula is C20H16F3N3O2. The number of amides is 1. The van der Waals surface area contributed by atoms with E-state index in [1.807, 2.05) is 18.2 Å². The molecule has 2 aromatic heterocycles. The van der Waals surface area contributed by atoms with Gasteiger partial charge >= 0.3 is 6.18 Å². The molecule has 0 fully saturated rings. The van der Waals surface area contributed by atoms with E-state index in [4.69, 9.17) is 4.42 Å². The number of nitrogens with zero attached hydrogens (tertiary/aromatic N) is 2. The average molecular weight is 387 g/mol. The predicted molar refractivity (Wildman–Crippen MR) is 97.5 cm³/mol. The van der Waals surface area contributed by atoms with Crippen molar-refractivity contribution < 1.29 is 22.4 Å². The number of imidazole rings is 1. The van der Waals surface area contributed by atoms with E-state index in [2.05, 4.69) is 10.3 Å². The van der Waals surface area contributed by atoms with Gasteiger partial charge in [0, 0.05) is 5.39 Å². The molecule has 0 aliphatic carbocycles. The summed E-state index contributed by atoms with van der Waals surface area (Å²) in [5, 5.41) is 3.58. The number of rotatable bonds is 4. The van der Waals surface area contributed by atoms with Crippen LogP contribution in [0.4, 0.5) is 13.2 Å². The molecule has 1 N–H and O–H groups in total. The van der Waals surface area contributed by atoms with Crippen LogP contribution in [0, 0.1) is 0 Å². The first-order chi connectivity index (χ1) is 13.3. The third-order valence-corrected chi connectivity index (χ3v) is 4.46. The summed E-state index contributed by atoms with van der Waals surface area (Å²) in [5.41, 5.74) is 1.12. The van der Waals surface area contributed by atoms with Crippen LogP contribution in [0.3, 0.4) is 0 Å².